The summed E-state index contributed by atoms with van der Waals surface area (Å²) in [5.74, 6) is -0.891. The van der Waals surface area contributed by atoms with Gasteiger partial charge in [-0.1, -0.05) is 13.0 Å². The Morgan fingerprint density at radius 1 is 1.10 bits per heavy atom. The zero-order valence-electron chi connectivity index (χ0n) is 17.2. The van der Waals surface area contributed by atoms with Crippen LogP contribution in [0.25, 0.3) is 0 Å². The van der Waals surface area contributed by atoms with Crippen LogP contribution in [0.15, 0.2) is 42.5 Å². The molecule has 1 aliphatic heterocycles. The van der Waals surface area contributed by atoms with Crippen LogP contribution < -0.4 is 10.1 Å². The zero-order chi connectivity index (χ0) is 21.7. The first kappa shape index (κ1) is 21.7. The van der Waals surface area contributed by atoms with E-state index in [2.05, 4.69) is 5.32 Å². The monoisotopic (exact) mass is 416 g/mol. The van der Waals surface area contributed by atoms with Crippen LogP contribution in [0, 0.1) is 17.0 Å². The van der Waals surface area contributed by atoms with Crippen LogP contribution in [0.5, 0.6) is 5.75 Å². The smallest absolute Gasteiger partial charge is 0.253 e. The molecule has 30 heavy (non-hydrogen) atoms. The molecule has 7 heteroatoms. The molecule has 0 bridgehead atoms. The number of piperidine rings is 1. The predicted molar refractivity (Wildman–Crippen MR) is 109 cm³/mol. The number of likely N-dealkylation sites (tertiary alicyclic amines) is 1. The molecule has 5 nitrogen and oxygen atoms in total. The second-order valence-electron chi connectivity index (χ2n) is 7.73. The van der Waals surface area contributed by atoms with Crippen molar-refractivity contribution in [3.63, 3.8) is 0 Å². The standard InChI is InChI=1S/C23H26F2N2O3/c1-3-30-19-8-5-16(6-9-19)21(28)27-12-10-23(2,11-13-27)22(29)26-15-17-4-7-18(24)14-20(17)25/h4-9,14H,3,10-13,15H2,1-2H3,(H,26,29). The molecule has 1 fully saturated rings. The fourth-order valence-electron chi connectivity index (χ4n) is 3.53. The minimum absolute atomic E-state index is 0.00460. The maximum absolute atomic E-state index is 13.8. The molecule has 2 aromatic carbocycles. The summed E-state index contributed by atoms with van der Waals surface area (Å²) in [6.07, 6.45) is 1.01. The molecule has 0 unspecified atom stereocenters. The van der Waals surface area contributed by atoms with Crippen molar-refractivity contribution in [1.29, 1.82) is 0 Å². The van der Waals surface area contributed by atoms with E-state index >= 15 is 0 Å². The van der Waals surface area contributed by atoms with Crippen LogP contribution in [0.3, 0.4) is 0 Å². The van der Waals surface area contributed by atoms with Crippen molar-refractivity contribution in [2.75, 3.05) is 19.7 Å². The first-order valence-electron chi connectivity index (χ1n) is 10.1. The molecule has 2 aromatic rings. The van der Waals surface area contributed by atoms with Gasteiger partial charge in [0.05, 0.1) is 6.61 Å². The van der Waals surface area contributed by atoms with Crippen molar-refractivity contribution in [3.05, 3.63) is 65.2 Å². The molecule has 2 amide bonds. The van der Waals surface area contributed by atoms with Crippen LogP contribution >= 0.6 is 0 Å². The number of carbonyl (C=O) groups excluding carboxylic acids is 2. The average Bonchev–Trinajstić information content (AvgIpc) is 2.74. The zero-order valence-corrected chi connectivity index (χ0v) is 17.2. The number of nitrogens with one attached hydrogen (secondary N) is 1. The highest BCUT2D eigenvalue weighted by Crippen LogP contribution is 2.32. The summed E-state index contributed by atoms with van der Waals surface area (Å²) in [6.45, 7) is 5.23. The molecule has 1 heterocycles. The highest BCUT2D eigenvalue weighted by atomic mass is 19.1. The second kappa shape index (κ2) is 9.24. The molecular formula is C23H26F2N2O3. The number of ether oxygens (including phenoxy) is 1. The Morgan fingerprint density at radius 3 is 2.37 bits per heavy atom. The van der Waals surface area contributed by atoms with Crippen molar-refractivity contribution in [1.82, 2.24) is 10.2 Å². The number of hydrogen-bond donors (Lipinski definition) is 1. The lowest BCUT2D eigenvalue weighted by Gasteiger charge is -2.38. The molecule has 160 valence electrons. The molecular weight excluding hydrogens is 390 g/mol. The van der Waals surface area contributed by atoms with Gasteiger partial charge >= 0.3 is 0 Å². The van der Waals surface area contributed by atoms with E-state index in [4.69, 9.17) is 4.74 Å². The number of hydrogen-bond acceptors (Lipinski definition) is 3. The van der Waals surface area contributed by atoms with E-state index in [1.54, 1.807) is 29.2 Å². The van der Waals surface area contributed by atoms with Gasteiger partial charge in [-0.2, -0.15) is 0 Å². The number of halogens is 2. The number of nitrogens with zero attached hydrogens (tertiary/aromatic N) is 1. The fourth-order valence-corrected chi connectivity index (χ4v) is 3.53. The van der Waals surface area contributed by atoms with E-state index in [1.165, 1.54) is 6.07 Å². The van der Waals surface area contributed by atoms with Crippen molar-refractivity contribution in [3.8, 4) is 5.75 Å². The van der Waals surface area contributed by atoms with Crippen molar-refractivity contribution < 1.29 is 23.1 Å². The van der Waals surface area contributed by atoms with Crippen LogP contribution in [0.2, 0.25) is 0 Å². The third-order valence-corrected chi connectivity index (χ3v) is 5.57. The van der Waals surface area contributed by atoms with E-state index in [-0.39, 0.29) is 23.9 Å². The SMILES string of the molecule is CCOc1ccc(C(=O)N2CCC(C)(C(=O)NCc3ccc(F)cc3F)CC2)cc1. The van der Waals surface area contributed by atoms with Gasteiger partial charge in [-0.3, -0.25) is 9.59 Å². The topological polar surface area (TPSA) is 58.6 Å². The highest BCUT2D eigenvalue weighted by Gasteiger charge is 2.38. The lowest BCUT2D eigenvalue weighted by atomic mass is 9.79. The third kappa shape index (κ3) is 4.96. The summed E-state index contributed by atoms with van der Waals surface area (Å²) in [6, 6.07) is 10.3. The molecule has 0 aliphatic carbocycles. The second-order valence-corrected chi connectivity index (χ2v) is 7.73. The first-order valence-corrected chi connectivity index (χ1v) is 10.1. The molecule has 0 atom stereocenters. The van der Waals surface area contributed by atoms with Gasteiger partial charge in [-0.05, 0) is 50.1 Å². The number of amides is 2. The fraction of sp³-hybridized carbons (Fsp3) is 0.391. The van der Waals surface area contributed by atoms with Crippen LogP contribution in [0.4, 0.5) is 8.78 Å². The largest absolute Gasteiger partial charge is 0.494 e. The minimum atomic E-state index is -0.684. The van der Waals surface area contributed by atoms with Crippen LogP contribution in [-0.2, 0) is 11.3 Å². The van der Waals surface area contributed by atoms with Gasteiger partial charge in [0, 0.05) is 42.2 Å². The van der Waals surface area contributed by atoms with E-state index in [0.717, 1.165) is 17.9 Å². The molecule has 1 saturated heterocycles. The van der Waals surface area contributed by atoms with Gasteiger partial charge in [-0.25, -0.2) is 8.78 Å². The molecule has 0 aromatic heterocycles. The van der Waals surface area contributed by atoms with Crippen molar-refractivity contribution in [2.24, 2.45) is 5.41 Å². The Balaban J connectivity index is 1.55. The maximum atomic E-state index is 13.8. The lowest BCUT2D eigenvalue weighted by molar-refractivity contribution is -0.132. The number of carbonyl (C=O) groups is 2. The van der Waals surface area contributed by atoms with Gasteiger partial charge in [0.2, 0.25) is 5.91 Å². The van der Waals surface area contributed by atoms with Crippen LogP contribution in [0.1, 0.15) is 42.6 Å². The summed E-state index contributed by atoms with van der Waals surface area (Å²) < 4.78 is 32.2. The molecule has 0 spiro atoms. The third-order valence-electron chi connectivity index (χ3n) is 5.57. The highest BCUT2D eigenvalue weighted by molar-refractivity contribution is 5.94. The van der Waals surface area contributed by atoms with Crippen molar-refractivity contribution >= 4 is 11.8 Å². The Hall–Kier alpha value is -2.96. The quantitative estimate of drug-likeness (QED) is 0.777. The lowest BCUT2D eigenvalue weighted by Crippen LogP contribution is -2.48. The Kier molecular flexibility index (Phi) is 6.70. The van der Waals surface area contributed by atoms with Crippen LogP contribution in [-0.4, -0.2) is 36.4 Å². The Morgan fingerprint density at radius 2 is 1.77 bits per heavy atom. The molecule has 3 rings (SSSR count). The maximum Gasteiger partial charge on any atom is 0.253 e. The van der Waals surface area contributed by atoms with Gasteiger partial charge in [-0.15, -0.1) is 0 Å². The number of rotatable bonds is 6. The van der Waals surface area contributed by atoms with E-state index < -0.39 is 17.0 Å². The average molecular weight is 416 g/mol. The summed E-state index contributed by atoms with van der Waals surface area (Å²) in [5.41, 5.74) is 0.168. The predicted octanol–water partition coefficient (Wildman–Crippen LogP) is 3.92. The molecule has 0 radical (unpaired) electrons. The molecule has 1 aliphatic rings. The van der Waals surface area contributed by atoms with Gasteiger partial charge in [0.1, 0.15) is 17.4 Å². The van der Waals surface area contributed by atoms with Gasteiger partial charge in [0.15, 0.2) is 0 Å². The first-order chi connectivity index (χ1) is 14.3. The molecule has 1 N–H and O–H groups in total. The summed E-state index contributed by atoms with van der Waals surface area (Å²) in [7, 11) is 0. The summed E-state index contributed by atoms with van der Waals surface area (Å²) in [4.78, 5) is 27.2. The minimum Gasteiger partial charge on any atom is -0.494 e. The van der Waals surface area contributed by atoms with E-state index in [1.807, 2.05) is 13.8 Å². The summed E-state index contributed by atoms with van der Waals surface area (Å²) >= 11 is 0. The molecule has 0 saturated carbocycles. The summed E-state index contributed by atoms with van der Waals surface area (Å²) in [5, 5.41) is 2.74. The number of benzene rings is 2. The Labute approximate surface area is 175 Å². The normalized spacial score (nSPS) is 15.5. The van der Waals surface area contributed by atoms with Gasteiger partial charge in [0.25, 0.3) is 5.91 Å². The van der Waals surface area contributed by atoms with Crippen molar-refractivity contribution in [2.45, 2.75) is 33.2 Å². The Bertz CT molecular complexity index is 907. The van der Waals surface area contributed by atoms with Gasteiger partial charge < -0.3 is 15.0 Å². The van der Waals surface area contributed by atoms with E-state index in [0.29, 0.717) is 38.1 Å². The van der Waals surface area contributed by atoms with E-state index in [9.17, 15) is 18.4 Å².